The van der Waals surface area contributed by atoms with Crippen LogP contribution in [0.2, 0.25) is 0 Å². The van der Waals surface area contributed by atoms with Crippen LogP contribution in [0.4, 0.5) is 0 Å². The molecule has 0 saturated heterocycles. The zero-order valence-corrected chi connectivity index (χ0v) is 15.4. The molecule has 25 heavy (non-hydrogen) atoms. The number of nitrogens with one attached hydrogen (secondary N) is 2. The minimum atomic E-state index is -0.226. The molecule has 0 aliphatic heterocycles. The second kappa shape index (κ2) is 6.56. The summed E-state index contributed by atoms with van der Waals surface area (Å²) in [6.07, 6.45) is 7.79. The first-order valence-corrected chi connectivity index (χ1v) is 10.1. The zero-order valence-electron chi connectivity index (χ0n) is 14.6. The van der Waals surface area contributed by atoms with Crippen molar-refractivity contribution in [3.63, 3.8) is 0 Å². The highest BCUT2D eigenvalue weighted by atomic mass is 32.1. The molecule has 1 heterocycles. The molecule has 5 nitrogen and oxygen atoms in total. The van der Waals surface area contributed by atoms with Gasteiger partial charge in [0.25, 0.3) is 5.91 Å². The Morgan fingerprint density at radius 1 is 1.20 bits per heavy atom. The third-order valence-electron chi connectivity index (χ3n) is 5.95. The molecule has 1 aromatic heterocycles. The van der Waals surface area contributed by atoms with Crippen molar-refractivity contribution in [3.8, 4) is 0 Å². The van der Waals surface area contributed by atoms with E-state index in [0.29, 0.717) is 10.6 Å². The van der Waals surface area contributed by atoms with Gasteiger partial charge in [-0.1, -0.05) is 6.07 Å². The molecule has 2 N–H and O–H groups in total. The van der Waals surface area contributed by atoms with E-state index in [2.05, 4.69) is 15.8 Å². The van der Waals surface area contributed by atoms with Crippen LogP contribution in [0.15, 0.2) is 22.6 Å². The Morgan fingerprint density at radius 3 is 2.40 bits per heavy atom. The van der Waals surface area contributed by atoms with Crippen molar-refractivity contribution in [3.05, 3.63) is 22.4 Å². The van der Waals surface area contributed by atoms with Gasteiger partial charge in [-0.05, 0) is 74.6 Å². The number of amides is 2. The molecule has 4 fully saturated rings. The molecule has 4 aliphatic carbocycles. The molecule has 0 aromatic carbocycles. The molecule has 0 radical (unpaired) electrons. The van der Waals surface area contributed by atoms with E-state index in [1.54, 1.807) is 13.0 Å². The second-order valence-electron chi connectivity index (χ2n) is 8.19. The summed E-state index contributed by atoms with van der Waals surface area (Å²) in [6.45, 7) is 1.79. The average Bonchev–Trinajstić information content (AvgIpc) is 3.05. The highest BCUT2D eigenvalue weighted by molar-refractivity contribution is 7.12. The molecule has 1 aromatic rings. The monoisotopic (exact) mass is 359 g/mol. The van der Waals surface area contributed by atoms with Crippen LogP contribution in [0.5, 0.6) is 0 Å². The molecule has 6 heteroatoms. The number of carbonyl (C=O) groups excluding carboxylic acids is 2. The van der Waals surface area contributed by atoms with Gasteiger partial charge in [0.1, 0.15) is 0 Å². The maximum Gasteiger partial charge on any atom is 0.281 e. The third-order valence-corrected chi connectivity index (χ3v) is 6.82. The van der Waals surface area contributed by atoms with Crippen molar-refractivity contribution < 1.29 is 9.59 Å². The normalized spacial score (nSPS) is 33.3. The van der Waals surface area contributed by atoms with E-state index in [1.807, 2.05) is 11.4 Å². The first-order chi connectivity index (χ1) is 12.0. The maximum absolute atomic E-state index is 12.5. The lowest BCUT2D eigenvalue weighted by atomic mass is 9.53. The fourth-order valence-electron chi connectivity index (χ4n) is 5.48. The summed E-state index contributed by atoms with van der Waals surface area (Å²) in [6, 6.07) is 3.58. The number of hydrogen-bond acceptors (Lipinski definition) is 4. The van der Waals surface area contributed by atoms with Gasteiger partial charge in [0.05, 0.1) is 11.3 Å². The molecule has 5 rings (SSSR count). The summed E-state index contributed by atoms with van der Waals surface area (Å²) < 4.78 is 0. The Labute approximate surface area is 152 Å². The summed E-state index contributed by atoms with van der Waals surface area (Å²) in [7, 11) is 0. The first kappa shape index (κ1) is 16.8. The van der Waals surface area contributed by atoms with Crippen molar-refractivity contribution in [2.24, 2.45) is 22.9 Å². The SMILES string of the molecule is C/C(CC(=O)NC12CC3CC(CC(C3)C1)C2)=N/NC(=O)c1cccs1. The lowest BCUT2D eigenvalue weighted by molar-refractivity contribution is -0.125. The van der Waals surface area contributed by atoms with Crippen LogP contribution in [0, 0.1) is 17.8 Å². The van der Waals surface area contributed by atoms with Crippen LogP contribution < -0.4 is 10.7 Å². The van der Waals surface area contributed by atoms with Crippen LogP contribution in [0.1, 0.15) is 61.5 Å². The molecule has 134 valence electrons. The molecular formula is C19H25N3O2S. The first-order valence-electron chi connectivity index (χ1n) is 9.19. The third kappa shape index (κ3) is 3.64. The molecule has 0 spiro atoms. The Balaban J connectivity index is 1.31. The minimum Gasteiger partial charge on any atom is -0.350 e. The van der Waals surface area contributed by atoms with Crippen molar-refractivity contribution in [2.45, 2.75) is 57.4 Å². The summed E-state index contributed by atoms with van der Waals surface area (Å²) >= 11 is 1.37. The van der Waals surface area contributed by atoms with E-state index < -0.39 is 0 Å². The van der Waals surface area contributed by atoms with E-state index in [0.717, 1.165) is 37.0 Å². The fraction of sp³-hybridized carbons (Fsp3) is 0.632. The van der Waals surface area contributed by atoms with Crippen LogP contribution in [-0.4, -0.2) is 23.1 Å². The molecule has 4 bridgehead atoms. The lowest BCUT2D eigenvalue weighted by Crippen LogP contribution is -2.60. The standard InChI is InChI=1S/C19H25N3O2S/c1-12(21-22-18(24)16-3-2-4-25-16)5-17(23)20-19-9-13-6-14(10-19)8-15(7-13)11-19/h2-4,13-15H,5-11H2,1H3,(H,20,23)(H,22,24)/b21-12-. The molecule has 4 aliphatic rings. The van der Waals surface area contributed by atoms with E-state index in [1.165, 1.54) is 30.6 Å². The Morgan fingerprint density at radius 2 is 1.84 bits per heavy atom. The highest BCUT2D eigenvalue weighted by Gasteiger charge is 2.51. The van der Waals surface area contributed by atoms with Crippen molar-refractivity contribution >= 4 is 28.9 Å². The number of thiophene rings is 1. The largest absolute Gasteiger partial charge is 0.350 e. The smallest absolute Gasteiger partial charge is 0.281 e. The van der Waals surface area contributed by atoms with Gasteiger partial charge in [-0.3, -0.25) is 9.59 Å². The number of rotatable bonds is 5. The van der Waals surface area contributed by atoms with Crippen LogP contribution in [0.25, 0.3) is 0 Å². The van der Waals surface area contributed by atoms with Crippen molar-refractivity contribution in [1.29, 1.82) is 0 Å². The fourth-order valence-corrected chi connectivity index (χ4v) is 6.10. The van der Waals surface area contributed by atoms with E-state index in [9.17, 15) is 9.59 Å². The second-order valence-corrected chi connectivity index (χ2v) is 9.14. The predicted octanol–water partition coefficient (Wildman–Crippen LogP) is 3.33. The quantitative estimate of drug-likeness (QED) is 0.625. The molecule has 0 atom stereocenters. The molecule has 2 amide bonds. The Hall–Kier alpha value is -1.69. The summed E-state index contributed by atoms with van der Waals surface area (Å²) in [5.74, 6) is 2.24. The summed E-state index contributed by atoms with van der Waals surface area (Å²) in [4.78, 5) is 25.0. The van der Waals surface area contributed by atoms with Gasteiger partial charge in [-0.15, -0.1) is 11.3 Å². The molecule has 4 saturated carbocycles. The van der Waals surface area contributed by atoms with Gasteiger partial charge >= 0.3 is 0 Å². The van der Waals surface area contributed by atoms with Gasteiger partial charge < -0.3 is 5.32 Å². The Kier molecular flexibility index (Phi) is 4.40. The van der Waals surface area contributed by atoms with Crippen LogP contribution in [0.3, 0.4) is 0 Å². The number of nitrogens with zero attached hydrogens (tertiary/aromatic N) is 1. The maximum atomic E-state index is 12.5. The minimum absolute atomic E-state index is 0.0341. The van der Waals surface area contributed by atoms with E-state index in [4.69, 9.17) is 0 Å². The molecule has 0 unspecified atom stereocenters. The van der Waals surface area contributed by atoms with Crippen molar-refractivity contribution in [2.75, 3.05) is 0 Å². The van der Waals surface area contributed by atoms with Crippen LogP contribution in [-0.2, 0) is 4.79 Å². The van der Waals surface area contributed by atoms with E-state index in [-0.39, 0.29) is 23.8 Å². The van der Waals surface area contributed by atoms with Gasteiger partial charge in [0.2, 0.25) is 5.91 Å². The number of carbonyl (C=O) groups is 2. The Bertz CT molecular complexity index is 660. The summed E-state index contributed by atoms with van der Waals surface area (Å²) in [5.41, 5.74) is 3.19. The molecular weight excluding hydrogens is 334 g/mol. The summed E-state index contributed by atoms with van der Waals surface area (Å²) in [5, 5.41) is 9.27. The van der Waals surface area contributed by atoms with Gasteiger partial charge in [-0.25, -0.2) is 5.43 Å². The van der Waals surface area contributed by atoms with E-state index >= 15 is 0 Å². The van der Waals surface area contributed by atoms with Gasteiger partial charge in [-0.2, -0.15) is 5.10 Å². The lowest BCUT2D eigenvalue weighted by Gasteiger charge is -2.56. The van der Waals surface area contributed by atoms with Gasteiger partial charge in [0.15, 0.2) is 0 Å². The average molecular weight is 359 g/mol. The number of hydrazone groups is 1. The van der Waals surface area contributed by atoms with Crippen molar-refractivity contribution in [1.82, 2.24) is 10.7 Å². The zero-order chi connectivity index (χ0) is 17.4. The van der Waals surface area contributed by atoms with Crippen LogP contribution >= 0.6 is 11.3 Å². The van der Waals surface area contributed by atoms with Gasteiger partial charge in [0, 0.05) is 11.3 Å². The topological polar surface area (TPSA) is 70.6 Å². The highest BCUT2D eigenvalue weighted by Crippen LogP contribution is 2.55. The number of hydrogen-bond donors (Lipinski definition) is 2. The predicted molar refractivity (Wildman–Crippen MR) is 98.6 cm³/mol.